The van der Waals surface area contributed by atoms with Crippen LogP contribution in [-0.4, -0.2) is 28.6 Å². The Balaban J connectivity index is 1.94. The van der Waals surface area contributed by atoms with Gasteiger partial charge in [-0.3, -0.25) is 9.69 Å². The summed E-state index contributed by atoms with van der Waals surface area (Å²) < 4.78 is 0. The van der Waals surface area contributed by atoms with Crippen LogP contribution in [-0.2, 0) is 11.3 Å². The lowest BCUT2D eigenvalue weighted by Crippen LogP contribution is -2.34. The normalized spacial score (nSPS) is 16.6. The predicted octanol–water partition coefficient (Wildman–Crippen LogP) is 3.25. The minimum absolute atomic E-state index is 0.0746. The average molecular weight is 261 g/mol. The fourth-order valence-electron chi connectivity index (χ4n) is 2.51. The minimum atomic E-state index is -0.727. The van der Waals surface area contributed by atoms with Gasteiger partial charge in [-0.05, 0) is 43.4 Å². The lowest BCUT2D eigenvalue weighted by molar-refractivity contribution is -0.138. The van der Waals surface area contributed by atoms with Gasteiger partial charge in [0.2, 0.25) is 0 Å². The van der Waals surface area contributed by atoms with Crippen LogP contribution in [0.4, 0.5) is 0 Å². The molecule has 1 saturated carbocycles. The summed E-state index contributed by atoms with van der Waals surface area (Å²) in [7, 11) is 0. The first kappa shape index (κ1) is 14.1. The topological polar surface area (TPSA) is 40.5 Å². The third-order valence-electron chi connectivity index (χ3n) is 3.91. The van der Waals surface area contributed by atoms with Gasteiger partial charge in [0.05, 0.1) is 6.42 Å². The van der Waals surface area contributed by atoms with Gasteiger partial charge in [-0.1, -0.05) is 31.2 Å². The maximum Gasteiger partial charge on any atom is 0.304 e. The molecule has 0 amide bonds. The summed E-state index contributed by atoms with van der Waals surface area (Å²) in [6, 6.07) is 8.89. The Kier molecular flexibility index (Phi) is 4.59. The van der Waals surface area contributed by atoms with Gasteiger partial charge in [0.15, 0.2) is 0 Å². The molecular weight excluding hydrogens is 238 g/mol. The van der Waals surface area contributed by atoms with Crippen LogP contribution in [0.15, 0.2) is 24.3 Å². The molecule has 1 unspecified atom stereocenters. The number of hydrogen-bond acceptors (Lipinski definition) is 2. The van der Waals surface area contributed by atoms with E-state index in [0.717, 1.165) is 19.0 Å². The third-order valence-corrected chi connectivity index (χ3v) is 3.91. The SMILES string of the molecule is CCN(Cc1ccc(C2CC2)cc1)C(C)CC(=O)O. The van der Waals surface area contributed by atoms with Crippen molar-refractivity contribution in [1.82, 2.24) is 4.90 Å². The molecule has 104 valence electrons. The average Bonchev–Trinajstić information content (AvgIpc) is 3.20. The van der Waals surface area contributed by atoms with Gasteiger partial charge in [-0.25, -0.2) is 0 Å². The molecule has 1 aliphatic carbocycles. The van der Waals surface area contributed by atoms with Crippen molar-refractivity contribution in [3.63, 3.8) is 0 Å². The highest BCUT2D eigenvalue weighted by atomic mass is 16.4. The second-order valence-corrected chi connectivity index (χ2v) is 5.53. The smallest absolute Gasteiger partial charge is 0.304 e. The van der Waals surface area contributed by atoms with Crippen LogP contribution in [0.25, 0.3) is 0 Å². The van der Waals surface area contributed by atoms with Crippen LogP contribution in [0.5, 0.6) is 0 Å². The largest absolute Gasteiger partial charge is 0.481 e. The predicted molar refractivity (Wildman–Crippen MR) is 76.2 cm³/mol. The molecule has 1 aromatic rings. The molecule has 0 aliphatic heterocycles. The zero-order chi connectivity index (χ0) is 13.8. The van der Waals surface area contributed by atoms with Crippen molar-refractivity contribution < 1.29 is 9.90 Å². The molecule has 0 aromatic heterocycles. The minimum Gasteiger partial charge on any atom is -0.481 e. The van der Waals surface area contributed by atoms with E-state index in [1.54, 1.807) is 0 Å². The molecule has 3 nitrogen and oxygen atoms in total. The molecule has 0 bridgehead atoms. The van der Waals surface area contributed by atoms with Gasteiger partial charge in [-0.2, -0.15) is 0 Å². The maximum atomic E-state index is 10.8. The van der Waals surface area contributed by atoms with E-state index in [1.807, 2.05) is 6.92 Å². The van der Waals surface area contributed by atoms with Gasteiger partial charge in [-0.15, -0.1) is 0 Å². The summed E-state index contributed by atoms with van der Waals surface area (Å²) in [5, 5.41) is 8.87. The fraction of sp³-hybridized carbons (Fsp3) is 0.562. The Morgan fingerprint density at radius 1 is 1.37 bits per heavy atom. The molecule has 1 N–H and O–H groups in total. The lowest BCUT2D eigenvalue weighted by Gasteiger charge is -2.26. The standard InChI is InChI=1S/C16H23NO2/c1-3-17(12(2)10-16(18)19)11-13-4-6-14(7-5-13)15-8-9-15/h4-7,12,15H,3,8-11H2,1-2H3,(H,18,19). The number of nitrogens with zero attached hydrogens (tertiary/aromatic N) is 1. The van der Waals surface area contributed by atoms with E-state index in [1.165, 1.54) is 24.0 Å². The zero-order valence-electron chi connectivity index (χ0n) is 11.8. The summed E-state index contributed by atoms with van der Waals surface area (Å²) >= 11 is 0. The number of hydrogen-bond donors (Lipinski definition) is 1. The van der Waals surface area contributed by atoms with E-state index in [0.29, 0.717) is 0 Å². The first-order valence-electron chi connectivity index (χ1n) is 7.14. The van der Waals surface area contributed by atoms with Gasteiger partial charge in [0.25, 0.3) is 0 Å². The van der Waals surface area contributed by atoms with Crippen LogP contribution >= 0.6 is 0 Å². The van der Waals surface area contributed by atoms with Crippen LogP contribution in [0.3, 0.4) is 0 Å². The van der Waals surface area contributed by atoms with Crippen LogP contribution in [0.2, 0.25) is 0 Å². The molecule has 1 fully saturated rings. The van der Waals surface area contributed by atoms with Crippen molar-refractivity contribution in [2.45, 2.75) is 51.6 Å². The van der Waals surface area contributed by atoms with Crippen LogP contribution < -0.4 is 0 Å². The van der Waals surface area contributed by atoms with E-state index in [-0.39, 0.29) is 12.5 Å². The molecule has 0 heterocycles. The molecule has 2 rings (SSSR count). The second kappa shape index (κ2) is 6.20. The Labute approximate surface area is 115 Å². The summed E-state index contributed by atoms with van der Waals surface area (Å²) in [6.45, 7) is 5.77. The van der Waals surface area contributed by atoms with Crippen molar-refractivity contribution in [2.75, 3.05) is 6.54 Å². The van der Waals surface area contributed by atoms with Crippen molar-refractivity contribution in [1.29, 1.82) is 0 Å². The summed E-state index contributed by atoms with van der Waals surface area (Å²) in [6.07, 6.45) is 2.86. The summed E-state index contributed by atoms with van der Waals surface area (Å²) in [5.41, 5.74) is 2.72. The molecule has 19 heavy (non-hydrogen) atoms. The first-order chi connectivity index (χ1) is 9.10. The number of benzene rings is 1. The van der Waals surface area contributed by atoms with E-state index >= 15 is 0 Å². The van der Waals surface area contributed by atoms with Crippen LogP contribution in [0, 0.1) is 0 Å². The van der Waals surface area contributed by atoms with E-state index in [2.05, 4.69) is 36.1 Å². The highest BCUT2D eigenvalue weighted by Crippen LogP contribution is 2.39. The molecule has 1 aromatic carbocycles. The molecular formula is C16H23NO2. The van der Waals surface area contributed by atoms with Gasteiger partial charge >= 0.3 is 5.97 Å². The van der Waals surface area contributed by atoms with Gasteiger partial charge < -0.3 is 5.11 Å². The fourth-order valence-corrected chi connectivity index (χ4v) is 2.51. The molecule has 0 saturated heterocycles. The Hall–Kier alpha value is -1.35. The molecule has 0 radical (unpaired) electrons. The number of carbonyl (C=O) groups is 1. The highest BCUT2D eigenvalue weighted by Gasteiger charge is 2.23. The maximum absolute atomic E-state index is 10.8. The molecule has 3 heteroatoms. The quantitative estimate of drug-likeness (QED) is 0.819. The molecule has 1 aliphatic rings. The highest BCUT2D eigenvalue weighted by molar-refractivity contribution is 5.67. The lowest BCUT2D eigenvalue weighted by atomic mass is 10.1. The van der Waals surface area contributed by atoms with Crippen molar-refractivity contribution in [2.24, 2.45) is 0 Å². The second-order valence-electron chi connectivity index (χ2n) is 5.53. The van der Waals surface area contributed by atoms with Crippen LogP contribution in [0.1, 0.15) is 50.2 Å². The van der Waals surface area contributed by atoms with Gasteiger partial charge in [0.1, 0.15) is 0 Å². The van der Waals surface area contributed by atoms with Crippen molar-refractivity contribution >= 4 is 5.97 Å². The van der Waals surface area contributed by atoms with Crippen molar-refractivity contribution in [3.8, 4) is 0 Å². The summed E-state index contributed by atoms with van der Waals surface area (Å²) in [5.74, 6) is 0.0669. The third kappa shape index (κ3) is 4.06. The Morgan fingerprint density at radius 3 is 2.47 bits per heavy atom. The monoisotopic (exact) mass is 261 g/mol. The Morgan fingerprint density at radius 2 is 2.00 bits per heavy atom. The molecule has 0 spiro atoms. The van der Waals surface area contributed by atoms with Gasteiger partial charge in [0, 0.05) is 12.6 Å². The number of carboxylic acids is 1. The van der Waals surface area contributed by atoms with Crippen molar-refractivity contribution in [3.05, 3.63) is 35.4 Å². The number of carboxylic acid groups (broad SMARTS) is 1. The number of rotatable bonds is 7. The van der Waals surface area contributed by atoms with E-state index < -0.39 is 5.97 Å². The zero-order valence-corrected chi connectivity index (χ0v) is 11.8. The molecule has 1 atom stereocenters. The van der Waals surface area contributed by atoms with E-state index in [4.69, 9.17) is 5.11 Å². The first-order valence-corrected chi connectivity index (χ1v) is 7.14. The van der Waals surface area contributed by atoms with E-state index in [9.17, 15) is 4.79 Å². The summed E-state index contributed by atoms with van der Waals surface area (Å²) in [4.78, 5) is 13.0. The number of aliphatic carboxylic acids is 1. The Bertz CT molecular complexity index is 423.